The number of hydrogen-bond donors (Lipinski definition) is 0. The van der Waals surface area contributed by atoms with Gasteiger partial charge in [0.05, 0.1) is 11.0 Å². The van der Waals surface area contributed by atoms with Crippen molar-refractivity contribution < 1.29 is 4.42 Å². The van der Waals surface area contributed by atoms with Crippen LogP contribution >= 0.6 is 0 Å². The molecule has 3 heteroatoms. The number of benzene rings is 9. The van der Waals surface area contributed by atoms with Gasteiger partial charge >= 0.3 is 0 Å². The van der Waals surface area contributed by atoms with Crippen LogP contribution in [0.25, 0.3) is 88.4 Å². The first kappa shape index (κ1) is 36.7. The largest absolute Gasteiger partial charge is 0.455 e. The number of aromatic nitrogens is 1. The van der Waals surface area contributed by atoms with E-state index in [9.17, 15) is 0 Å². The Balaban J connectivity index is 0.886. The van der Waals surface area contributed by atoms with Crippen molar-refractivity contribution in [2.24, 2.45) is 0 Å². The molecule has 0 aliphatic heterocycles. The first-order chi connectivity index (χ1) is 31.2. The maximum absolute atomic E-state index is 6.43. The van der Waals surface area contributed by atoms with E-state index in [2.05, 4.69) is 228 Å². The highest BCUT2D eigenvalue weighted by atomic mass is 16.3. The molecule has 0 amide bonds. The van der Waals surface area contributed by atoms with Crippen molar-refractivity contribution in [3.63, 3.8) is 0 Å². The fourth-order valence-corrected chi connectivity index (χ4v) is 9.66. The molecule has 2 aromatic heterocycles. The standard InChI is InChI=1S/C60H42N2O/c1-2-13-41(14-3-1)42-27-33-48(34-28-42)61(50-37-31-44(32-38-50)52-22-12-23-56-55-21-6-9-26-59(55)63-60(52)56)49-35-29-43(30-36-49)45-15-10-16-46(39-45)47-17-11-18-51(40-47)62-57-24-7-4-19-53(57)54-20-5-8-25-58(54)62/h1-29,31-35,37-40H,30,36H2. The Morgan fingerprint density at radius 1 is 0.381 bits per heavy atom. The highest BCUT2D eigenvalue weighted by Crippen LogP contribution is 2.41. The smallest absolute Gasteiger partial charge is 0.143 e. The Hall–Kier alpha value is -8.14. The molecule has 3 nitrogen and oxygen atoms in total. The monoisotopic (exact) mass is 806 g/mol. The van der Waals surface area contributed by atoms with Crippen molar-refractivity contribution in [2.75, 3.05) is 4.90 Å². The van der Waals surface area contributed by atoms with E-state index in [4.69, 9.17) is 4.42 Å². The first-order valence-electron chi connectivity index (χ1n) is 21.8. The van der Waals surface area contributed by atoms with Crippen LogP contribution in [0.3, 0.4) is 0 Å². The summed E-state index contributed by atoms with van der Waals surface area (Å²) in [5, 5.41) is 4.83. The van der Waals surface area contributed by atoms with E-state index < -0.39 is 0 Å². The molecule has 2 heterocycles. The number of hydrogen-bond acceptors (Lipinski definition) is 2. The van der Waals surface area contributed by atoms with Crippen LogP contribution in [0.15, 0.2) is 241 Å². The average molecular weight is 807 g/mol. The van der Waals surface area contributed by atoms with Gasteiger partial charge in [-0.3, -0.25) is 0 Å². The summed E-state index contributed by atoms with van der Waals surface area (Å²) in [5.41, 5.74) is 18.6. The number of furan rings is 1. The van der Waals surface area contributed by atoms with E-state index in [1.165, 1.54) is 60.9 Å². The summed E-state index contributed by atoms with van der Waals surface area (Å²) in [6, 6.07) is 78.7. The van der Waals surface area contributed by atoms with E-state index in [1.54, 1.807) is 0 Å². The van der Waals surface area contributed by atoms with Gasteiger partial charge in [0.2, 0.25) is 0 Å². The lowest BCUT2D eigenvalue weighted by Crippen LogP contribution is -2.17. The predicted molar refractivity (Wildman–Crippen MR) is 265 cm³/mol. The molecule has 63 heavy (non-hydrogen) atoms. The molecular weight excluding hydrogens is 765 g/mol. The van der Waals surface area contributed by atoms with Gasteiger partial charge in [-0.15, -0.1) is 0 Å². The Morgan fingerprint density at radius 3 is 1.65 bits per heavy atom. The molecular formula is C60H42N2O. The van der Waals surface area contributed by atoms with Crippen LogP contribution in [0.2, 0.25) is 0 Å². The third-order valence-electron chi connectivity index (χ3n) is 12.7. The zero-order valence-corrected chi connectivity index (χ0v) is 34.7. The average Bonchev–Trinajstić information content (AvgIpc) is 3.91. The summed E-state index contributed by atoms with van der Waals surface area (Å²) >= 11 is 0. The first-order valence-corrected chi connectivity index (χ1v) is 21.8. The van der Waals surface area contributed by atoms with Gasteiger partial charge in [0.1, 0.15) is 11.2 Å². The van der Waals surface area contributed by atoms with Gasteiger partial charge in [-0.1, -0.05) is 164 Å². The normalized spacial score (nSPS) is 12.8. The SMILES string of the molecule is C1=C(c2cccc(-c3cccc(-n4c5ccccc5c5ccccc54)c3)c2)CCC(N(c2ccc(-c3ccccc3)cc2)c2ccc(-c3cccc4c3oc3ccccc34)cc2)=C1. The van der Waals surface area contributed by atoms with E-state index in [0.717, 1.165) is 63.0 Å². The van der Waals surface area contributed by atoms with E-state index >= 15 is 0 Å². The summed E-state index contributed by atoms with van der Waals surface area (Å²) in [7, 11) is 0. The van der Waals surface area contributed by atoms with Crippen molar-refractivity contribution in [2.45, 2.75) is 12.8 Å². The molecule has 0 atom stereocenters. The molecule has 12 rings (SSSR count). The Bertz CT molecular complexity index is 3500. The van der Waals surface area contributed by atoms with Gasteiger partial charge in [-0.25, -0.2) is 0 Å². The van der Waals surface area contributed by atoms with Gasteiger partial charge < -0.3 is 13.9 Å². The number of allylic oxidation sites excluding steroid dienone is 4. The molecule has 1 aliphatic carbocycles. The topological polar surface area (TPSA) is 21.3 Å². The molecule has 0 radical (unpaired) electrons. The van der Waals surface area contributed by atoms with Crippen LogP contribution in [-0.2, 0) is 0 Å². The van der Waals surface area contributed by atoms with Gasteiger partial charge in [0, 0.05) is 49.9 Å². The van der Waals surface area contributed by atoms with Gasteiger partial charge in [0.15, 0.2) is 0 Å². The molecule has 9 aromatic carbocycles. The van der Waals surface area contributed by atoms with E-state index in [0.29, 0.717) is 0 Å². The maximum Gasteiger partial charge on any atom is 0.143 e. The lowest BCUT2D eigenvalue weighted by atomic mass is 9.92. The zero-order chi connectivity index (χ0) is 41.7. The van der Waals surface area contributed by atoms with Crippen molar-refractivity contribution in [3.05, 3.63) is 242 Å². The van der Waals surface area contributed by atoms with Crippen molar-refractivity contribution in [1.82, 2.24) is 4.57 Å². The second kappa shape index (κ2) is 15.4. The Morgan fingerprint density at radius 2 is 0.937 bits per heavy atom. The minimum atomic E-state index is 0.903. The third-order valence-corrected chi connectivity index (χ3v) is 12.7. The molecule has 298 valence electrons. The number of para-hydroxylation sites is 4. The van der Waals surface area contributed by atoms with Crippen molar-refractivity contribution in [1.29, 1.82) is 0 Å². The van der Waals surface area contributed by atoms with Gasteiger partial charge in [-0.05, 0) is 119 Å². The minimum absolute atomic E-state index is 0.903. The van der Waals surface area contributed by atoms with Crippen LogP contribution in [0.5, 0.6) is 0 Å². The summed E-state index contributed by atoms with van der Waals surface area (Å²) in [6.07, 6.45) is 6.48. The summed E-state index contributed by atoms with van der Waals surface area (Å²) < 4.78 is 8.82. The second-order valence-corrected chi connectivity index (χ2v) is 16.4. The highest BCUT2D eigenvalue weighted by Gasteiger charge is 2.20. The van der Waals surface area contributed by atoms with Crippen LogP contribution in [0, 0.1) is 0 Å². The molecule has 0 N–H and O–H groups in total. The fraction of sp³-hybridized carbons (Fsp3) is 0.0333. The van der Waals surface area contributed by atoms with Crippen LogP contribution in [0.1, 0.15) is 18.4 Å². The minimum Gasteiger partial charge on any atom is -0.455 e. The second-order valence-electron chi connectivity index (χ2n) is 16.4. The summed E-state index contributed by atoms with van der Waals surface area (Å²) in [5.74, 6) is 0. The number of anilines is 2. The number of rotatable bonds is 8. The number of fused-ring (bicyclic) bond motifs is 6. The van der Waals surface area contributed by atoms with Crippen LogP contribution < -0.4 is 4.90 Å². The quantitative estimate of drug-likeness (QED) is 0.153. The van der Waals surface area contributed by atoms with Gasteiger partial charge in [-0.2, -0.15) is 0 Å². The van der Waals surface area contributed by atoms with Crippen molar-refractivity contribution in [3.8, 4) is 39.1 Å². The Kier molecular flexibility index (Phi) is 8.97. The molecule has 11 aromatic rings. The van der Waals surface area contributed by atoms with Crippen LogP contribution in [0.4, 0.5) is 11.4 Å². The predicted octanol–water partition coefficient (Wildman–Crippen LogP) is 16.6. The third kappa shape index (κ3) is 6.54. The molecule has 0 fully saturated rings. The van der Waals surface area contributed by atoms with E-state index in [1.807, 2.05) is 12.1 Å². The van der Waals surface area contributed by atoms with Crippen LogP contribution in [-0.4, -0.2) is 4.57 Å². The fourth-order valence-electron chi connectivity index (χ4n) is 9.66. The van der Waals surface area contributed by atoms with E-state index in [-0.39, 0.29) is 0 Å². The molecule has 0 unspecified atom stereocenters. The summed E-state index contributed by atoms with van der Waals surface area (Å²) in [6.45, 7) is 0. The molecule has 1 aliphatic rings. The molecule has 0 saturated carbocycles. The molecule has 0 saturated heterocycles. The zero-order valence-electron chi connectivity index (χ0n) is 34.7. The molecule has 0 bridgehead atoms. The number of nitrogens with zero attached hydrogens (tertiary/aromatic N) is 2. The summed E-state index contributed by atoms with van der Waals surface area (Å²) in [4.78, 5) is 2.42. The maximum atomic E-state index is 6.43. The van der Waals surface area contributed by atoms with Gasteiger partial charge in [0.25, 0.3) is 0 Å². The van der Waals surface area contributed by atoms with Crippen molar-refractivity contribution >= 4 is 60.7 Å². The Labute approximate surface area is 366 Å². The highest BCUT2D eigenvalue weighted by molar-refractivity contribution is 6.10. The lowest BCUT2D eigenvalue weighted by molar-refractivity contribution is 0.670. The molecule has 0 spiro atoms. The lowest BCUT2D eigenvalue weighted by Gasteiger charge is -2.30.